The quantitative estimate of drug-likeness (QED) is 0.331. The zero-order valence-electron chi connectivity index (χ0n) is 16.5. The Kier molecular flexibility index (Phi) is 5.90. The number of carbonyl (C=O) groups excluding carboxylic acids is 1. The zero-order chi connectivity index (χ0) is 23.8. The number of aromatic nitrogens is 2. The van der Waals surface area contributed by atoms with Crippen LogP contribution in [0.3, 0.4) is 0 Å². The van der Waals surface area contributed by atoms with Gasteiger partial charge in [0.2, 0.25) is 0 Å². The lowest BCUT2D eigenvalue weighted by Crippen LogP contribution is -2.12. The molecule has 168 valence electrons. The number of anilines is 1. The van der Waals surface area contributed by atoms with Gasteiger partial charge in [-0.15, -0.1) is 0 Å². The Bertz CT molecular complexity index is 1330. The molecule has 0 radical (unpaired) electrons. The number of nitrogens with zero attached hydrogens (tertiary/aromatic N) is 2. The average Bonchev–Trinajstić information content (AvgIpc) is 3.22. The molecule has 0 saturated heterocycles. The molecule has 0 fully saturated rings. The van der Waals surface area contributed by atoms with Crippen molar-refractivity contribution >= 4 is 23.2 Å². The van der Waals surface area contributed by atoms with Crippen molar-refractivity contribution in [2.45, 2.75) is 6.18 Å². The van der Waals surface area contributed by atoms with Crippen LogP contribution in [0.25, 0.3) is 16.9 Å². The molecule has 0 bridgehead atoms. The Morgan fingerprint density at radius 1 is 0.909 bits per heavy atom. The molecule has 1 N–H and O–H groups in total. The van der Waals surface area contributed by atoms with E-state index in [9.17, 15) is 26.7 Å². The fraction of sp³-hybridized carbons (Fsp3) is 0.0435. The molecule has 10 heteroatoms. The summed E-state index contributed by atoms with van der Waals surface area (Å²) in [6.45, 7) is 0. The molecule has 4 rings (SSSR count). The van der Waals surface area contributed by atoms with Crippen molar-refractivity contribution in [3.63, 3.8) is 0 Å². The molecule has 1 heterocycles. The highest BCUT2D eigenvalue weighted by atomic mass is 35.5. The largest absolute Gasteiger partial charge is 0.435 e. The molecule has 4 nitrogen and oxygen atoms in total. The van der Waals surface area contributed by atoms with Crippen molar-refractivity contribution in [2.75, 3.05) is 5.32 Å². The van der Waals surface area contributed by atoms with E-state index >= 15 is 0 Å². The maximum atomic E-state index is 13.3. The molecule has 0 aliphatic rings. The Labute approximate surface area is 189 Å². The van der Waals surface area contributed by atoms with Crippen molar-refractivity contribution in [3.05, 3.63) is 101 Å². The molecule has 4 aromatic rings. The number of hydrogen-bond acceptors (Lipinski definition) is 2. The summed E-state index contributed by atoms with van der Waals surface area (Å²) in [7, 11) is 0. The number of alkyl halides is 3. The summed E-state index contributed by atoms with van der Waals surface area (Å²) in [6, 6.07) is 15.8. The summed E-state index contributed by atoms with van der Waals surface area (Å²) in [4.78, 5) is 12.4. The van der Waals surface area contributed by atoms with Gasteiger partial charge in [-0.2, -0.15) is 18.3 Å². The molecular weight excluding hydrogens is 465 g/mol. The smallest absolute Gasteiger partial charge is 0.322 e. The van der Waals surface area contributed by atoms with Crippen molar-refractivity contribution in [2.24, 2.45) is 0 Å². The minimum atomic E-state index is -4.68. The number of rotatable bonds is 4. The highest BCUT2D eigenvalue weighted by molar-refractivity contribution is 6.32. The van der Waals surface area contributed by atoms with Gasteiger partial charge in [0.1, 0.15) is 0 Å². The summed E-state index contributed by atoms with van der Waals surface area (Å²) in [5.74, 6) is -2.77. The second-order valence-corrected chi connectivity index (χ2v) is 7.34. The Hall–Kier alpha value is -3.72. The van der Waals surface area contributed by atoms with Crippen LogP contribution in [0.1, 0.15) is 16.1 Å². The van der Waals surface area contributed by atoms with Gasteiger partial charge >= 0.3 is 6.18 Å². The lowest BCUT2D eigenvalue weighted by Gasteiger charge is -2.10. The van der Waals surface area contributed by atoms with E-state index in [-0.39, 0.29) is 27.7 Å². The molecule has 0 spiro atoms. The van der Waals surface area contributed by atoms with Crippen LogP contribution in [0.5, 0.6) is 0 Å². The first-order chi connectivity index (χ1) is 15.6. The summed E-state index contributed by atoms with van der Waals surface area (Å²) in [5.41, 5.74) is -0.175. The van der Waals surface area contributed by atoms with Crippen molar-refractivity contribution in [1.29, 1.82) is 0 Å². The normalized spacial score (nSPS) is 11.5. The maximum absolute atomic E-state index is 13.3. The van der Waals surface area contributed by atoms with E-state index in [4.69, 9.17) is 11.6 Å². The monoisotopic (exact) mass is 477 g/mol. The summed E-state index contributed by atoms with van der Waals surface area (Å²) < 4.78 is 67.5. The summed E-state index contributed by atoms with van der Waals surface area (Å²) in [6.07, 6.45) is -4.68. The van der Waals surface area contributed by atoms with E-state index in [1.54, 1.807) is 12.1 Å². The van der Waals surface area contributed by atoms with E-state index in [0.29, 0.717) is 5.56 Å². The van der Waals surface area contributed by atoms with Crippen molar-refractivity contribution in [3.8, 4) is 16.9 Å². The van der Waals surface area contributed by atoms with Crippen molar-refractivity contribution < 1.29 is 26.7 Å². The van der Waals surface area contributed by atoms with E-state index in [2.05, 4.69) is 10.4 Å². The number of nitrogens with one attached hydrogen (secondary N) is 1. The summed E-state index contributed by atoms with van der Waals surface area (Å²) in [5, 5.41) is 6.31. The predicted octanol–water partition coefficient (Wildman–Crippen LogP) is 6.74. The van der Waals surface area contributed by atoms with Gasteiger partial charge in [0.25, 0.3) is 5.91 Å². The fourth-order valence-electron chi connectivity index (χ4n) is 3.10. The van der Waals surface area contributed by atoms with Crippen LogP contribution in [-0.4, -0.2) is 15.7 Å². The molecular formula is C23H13ClF5N3O. The van der Waals surface area contributed by atoms with E-state index in [0.717, 1.165) is 22.9 Å². The molecule has 1 aromatic heterocycles. The number of carbonyl (C=O) groups is 1. The number of benzene rings is 3. The third kappa shape index (κ3) is 4.73. The Morgan fingerprint density at radius 3 is 2.24 bits per heavy atom. The molecule has 0 aliphatic carbocycles. The molecule has 0 atom stereocenters. The van der Waals surface area contributed by atoms with Gasteiger partial charge in [-0.1, -0.05) is 35.9 Å². The molecule has 0 aliphatic heterocycles. The minimum Gasteiger partial charge on any atom is -0.322 e. The molecule has 1 amide bonds. The van der Waals surface area contributed by atoms with Gasteiger partial charge in [-0.3, -0.25) is 4.79 Å². The Balaban J connectivity index is 1.67. The van der Waals surface area contributed by atoms with Crippen LogP contribution in [-0.2, 0) is 6.18 Å². The van der Waals surface area contributed by atoms with E-state index in [1.165, 1.54) is 42.5 Å². The number of para-hydroxylation sites is 1. The maximum Gasteiger partial charge on any atom is 0.435 e. The van der Waals surface area contributed by atoms with Crippen LogP contribution < -0.4 is 5.32 Å². The molecule has 33 heavy (non-hydrogen) atoms. The van der Waals surface area contributed by atoms with Crippen LogP contribution in [0.4, 0.5) is 27.6 Å². The van der Waals surface area contributed by atoms with E-state index < -0.39 is 29.4 Å². The average molecular weight is 478 g/mol. The van der Waals surface area contributed by atoms with Crippen LogP contribution in [0, 0.1) is 11.6 Å². The lowest BCUT2D eigenvalue weighted by atomic mass is 10.1. The Morgan fingerprint density at radius 2 is 1.61 bits per heavy atom. The number of hydrogen-bond donors (Lipinski definition) is 1. The first kappa shape index (κ1) is 22.5. The van der Waals surface area contributed by atoms with Gasteiger partial charge in [-0.25, -0.2) is 13.5 Å². The topological polar surface area (TPSA) is 46.9 Å². The number of halogens is 6. The first-order valence-electron chi connectivity index (χ1n) is 9.42. The first-order valence-corrected chi connectivity index (χ1v) is 9.80. The molecule has 3 aromatic carbocycles. The zero-order valence-corrected chi connectivity index (χ0v) is 17.3. The molecule has 0 saturated carbocycles. The lowest BCUT2D eigenvalue weighted by molar-refractivity contribution is -0.141. The van der Waals surface area contributed by atoms with Gasteiger partial charge in [0, 0.05) is 22.9 Å². The third-order valence-electron chi connectivity index (χ3n) is 4.70. The van der Waals surface area contributed by atoms with Gasteiger partial charge in [0.15, 0.2) is 17.3 Å². The van der Waals surface area contributed by atoms with Gasteiger partial charge in [0.05, 0.1) is 16.4 Å². The van der Waals surface area contributed by atoms with Gasteiger partial charge in [-0.05, 0) is 42.5 Å². The summed E-state index contributed by atoms with van der Waals surface area (Å²) >= 11 is 6.16. The minimum absolute atomic E-state index is 0.0505. The standard InChI is InChI=1S/C23H13ClF5N3O/c24-16-3-1-2-4-19(16)32-20(12-21(31-32)23(27,28)29)13-5-7-14(8-6-13)22(33)30-15-9-10-17(25)18(26)11-15/h1-12H,(H,30,33). The van der Waals surface area contributed by atoms with E-state index in [1.807, 2.05) is 0 Å². The highest BCUT2D eigenvalue weighted by Crippen LogP contribution is 2.34. The van der Waals surface area contributed by atoms with Crippen LogP contribution in [0.15, 0.2) is 72.8 Å². The second kappa shape index (κ2) is 8.67. The predicted molar refractivity (Wildman–Crippen MR) is 113 cm³/mol. The van der Waals surface area contributed by atoms with Gasteiger partial charge < -0.3 is 5.32 Å². The SMILES string of the molecule is O=C(Nc1ccc(F)c(F)c1)c1ccc(-c2cc(C(F)(F)F)nn2-c2ccccc2Cl)cc1. The fourth-order valence-corrected chi connectivity index (χ4v) is 3.32. The highest BCUT2D eigenvalue weighted by Gasteiger charge is 2.35. The van der Waals surface area contributed by atoms with Crippen LogP contribution in [0.2, 0.25) is 5.02 Å². The number of amides is 1. The van der Waals surface area contributed by atoms with Crippen molar-refractivity contribution in [1.82, 2.24) is 9.78 Å². The second-order valence-electron chi connectivity index (χ2n) is 6.94. The van der Waals surface area contributed by atoms with Crippen LogP contribution >= 0.6 is 11.6 Å². The molecule has 0 unspecified atom stereocenters. The third-order valence-corrected chi connectivity index (χ3v) is 5.02.